The van der Waals surface area contributed by atoms with Crippen molar-refractivity contribution in [2.24, 2.45) is 0 Å². The Kier molecular flexibility index (Phi) is 7.28. The molecule has 2 aliphatic rings. The number of carbonyl (C=O) groups is 2. The molecule has 0 unspecified atom stereocenters. The van der Waals surface area contributed by atoms with Crippen molar-refractivity contribution in [1.82, 2.24) is 19.8 Å². The van der Waals surface area contributed by atoms with Gasteiger partial charge in [-0.2, -0.15) is 5.26 Å². The minimum atomic E-state index is -0.913. The number of allylic oxidation sites excluding steroid dienone is 2. The Bertz CT molecular complexity index is 1120. The molecule has 1 aliphatic heterocycles. The van der Waals surface area contributed by atoms with Gasteiger partial charge in [-0.3, -0.25) is 14.6 Å². The van der Waals surface area contributed by atoms with Gasteiger partial charge in [0.15, 0.2) is 5.82 Å². The molecule has 0 bridgehead atoms. The summed E-state index contributed by atoms with van der Waals surface area (Å²) in [5.41, 5.74) is 4.54. The number of nitrogens with one attached hydrogen (secondary N) is 2. The Hall–Kier alpha value is -3.64. The van der Waals surface area contributed by atoms with Gasteiger partial charge in [0.25, 0.3) is 5.91 Å². The van der Waals surface area contributed by atoms with Crippen LogP contribution in [0.2, 0.25) is 0 Å². The molecule has 1 aliphatic carbocycles. The SMILES string of the molecule is CN(CN1CCC(c2ccc(NC(=O)c3ncc(C#N)[nH]3)c(C3=CCCCC3)c2)CC1)C(=O)O. The summed E-state index contributed by atoms with van der Waals surface area (Å²) < 4.78 is 0. The van der Waals surface area contributed by atoms with Crippen LogP contribution in [0.15, 0.2) is 30.5 Å². The Morgan fingerprint density at radius 3 is 2.76 bits per heavy atom. The van der Waals surface area contributed by atoms with Crippen LogP contribution in [0.1, 0.15) is 71.9 Å². The van der Waals surface area contributed by atoms with Gasteiger partial charge in [-0.1, -0.05) is 12.1 Å². The summed E-state index contributed by atoms with van der Waals surface area (Å²) >= 11 is 0. The first-order valence-electron chi connectivity index (χ1n) is 11.7. The van der Waals surface area contributed by atoms with E-state index in [1.165, 1.54) is 28.7 Å². The second-order valence-electron chi connectivity index (χ2n) is 9.01. The van der Waals surface area contributed by atoms with E-state index in [1.54, 1.807) is 7.05 Å². The molecule has 2 amide bonds. The highest BCUT2D eigenvalue weighted by Crippen LogP contribution is 2.36. The van der Waals surface area contributed by atoms with Crippen LogP contribution < -0.4 is 5.32 Å². The van der Waals surface area contributed by atoms with E-state index >= 15 is 0 Å². The summed E-state index contributed by atoms with van der Waals surface area (Å²) in [6, 6.07) is 8.20. The van der Waals surface area contributed by atoms with E-state index in [-0.39, 0.29) is 17.4 Å². The van der Waals surface area contributed by atoms with Crippen LogP contribution in [0.3, 0.4) is 0 Å². The minimum Gasteiger partial charge on any atom is -0.465 e. The molecule has 0 radical (unpaired) electrons. The zero-order valence-corrected chi connectivity index (χ0v) is 19.4. The van der Waals surface area contributed by atoms with Gasteiger partial charge in [0.05, 0.1) is 12.9 Å². The number of anilines is 1. The molecule has 1 fully saturated rings. The second-order valence-corrected chi connectivity index (χ2v) is 9.01. The molecule has 178 valence electrons. The average molecular weight is 463 g/mol. The Morgan fingerprint density at radius 2 is 2.12 bits per heavy atom. The van der Waals surface area contributed by atoms with Crippen LogP contribution in [0.5, 0.6) is 0 Å². The van der Waals surface area contributed by atoms with Crippen molar-refractivity contribution in [3.8, 4) is 6.07 Å². The number of nitriles is 1. The number of hydrogen-bond donors (Lipinski definition) is 3. The number of imidazole rings is 1. The zero-order chi connectivity index (χ0) is 24.1. The molecule has 0 saturated carbocycles. The first-order valence-corrected chi connectivity index (χ1v) is 11.7. The topological polar surface area (TPSA) is 125 Å². The van der Waals surface area contributed by atoms with Gasteiger partial charge in [0.2, 0.25) is 0 Å². The van der Waals surface area contributed by atoms with Gasteiger partial charge in [-0.15, -0.1) is 0 Å². The summed E-state index contributed by atoms with van der Waals surface area (Å²) in [6.07, 6.45) is 8.94. The highest BCUT2D eigenvalue weighted by atomic mass is 16.4. The van der Waals surface area contributed by atoms with Crippen molar-refractivity contribution in [3.63, 3.8) is 0 Å². The molecule has 34 heavy (non-hydrogen) atoms. The largest absolute Gasteiger partial charge is 0.465 e. The normalized spacial score (nSPS) is 17.0. The molecule has 2 heterocycles. The molecule has 9 nitrogen and oxygen atoms in total. The van der Waals surface area contributed by atoms with Crippen LogP contribution in [0.25, 0.3) is 5.57 Å². The molecule has 1 aromatic heterocycles. The van der Waals surface area contributed by atoms with Gasteiger partial charge in [0.1, 0.15) is 11.8 Å². The number of likely N-dealkylation sites (tertiary alicyclic amines) is 1. The lowest BCUT2D eigenvalue weighted by molar-refractivity contribution is 0.101. The third-order valence-corrected chi connectivity index (χ3v) is 6.64. The van der Waals surface area contributed by atoms with Gasteiger partial charge in [0, 0.05) is 31.4 Å². The maximum absolute atomic E-state index is 12.8. The van der Waals surface area contributed by atoms with E-state index in [1.807, 2.05) is 12.1 Å². The first kappa shape index (κ1) is 23.5. The lowest BCUT2D eigenvalue weighted by Gasteiger charge is -2.34. The second kappa shape index (κ2) is 10.5. The zero-order valence-electron chi connectivity index (χ0n) is 19.4. The van der Waals surface area contributed by atoms with E-state index in [0.29, 0.717) is 12.6 Å². The number of piperidine rings is 1. The number of carboxylic acid groups (broad SMARTS) is 1. The number of hydrogen-bond acceptors (Lipinski definition) is 5. The van der Waals surface area contributed by atoms with Gasteiger partial charge in [-0.25, -0.2) is 9.78 Å². The maximum Gasteiger partial charge on any atom is 0.408 e. The van der Waals surface area contributed by atoms with E-state index in [2.05, 4.69) is 38.4 Å². The average Bonchev–Trinajstić information content (AvgIpc) is 3.35. The Labute approximate surface area is 199 Å². The highest BCUT2D eigenvalue weighted by Gasteiger charge is 2.24. The monoisotopic (exact) mass is 462 g/mol. The van der Waals surface area contributed by atoms with E-state index < -0.39 is 6.09 Å². The summed E-state index contributed by atoms with van der Waals surface area (Å²) in [7, 11) is 1.59. The van der Waals surface area contributed by atoms with Crippen molar-refractivity contribution in [2.75, 3.05) is 32.1 Å². The fourth-order valence-corrected chi connectivity index (χ4v) is 4.72. The predicted octanol–water partition coefficient (Wildman–Crippen LogP) is 4.24. The van der Waals surface area contributed by atoms with Crippen molar-refractivity contribution >= 4 is 23.3 Å². The van der Waals surface area contributed by atoms with E-state index in [0.717, 1.165) is 56.4 Å². The summed E-state index contributed by atoms with van der Waals surface area (Å²) in [4.78, 5) is 34.1. The number of nitrogens with zero attached hydrogens (tertiary/aromatic N) is 4. The molecule has 2 aromatic rings. The Morgan fingerprint density at radius 1 is 1.32 bits per heavy atom. The van der Waals surface area contributed by atoms with Crippen LogP contribution in [0, 0.1) is 11.3 Å². The smallest absolute Gasteiger partial charge is 0.408 e. The number of rotatable bonds is 6. The summed E-state index contributed by atoms with van der Waals surface area (Å²) in [6.45, 7) is 2.11. The van der Waals surface area contributed by atoms with Crippen molar-refractivity contribution in [2.45, 2.75) is 44.4 Å². The third kappa shape index (κ3) is 5.46. The fourth-order valence-electron chi connectivity index (χ4n) is 4.72. The number of aromatic amines is 1. The number of H-pyrrole nitrogens is 1. The lowest BCUT2D eigenvalue weighted by atomic mass is 9.85. The van der Waals surface area contributed by atoms with Crippen molar-refractivity contribution in [1.29, 1.82) is 5.26 Å². The molecule has 1 aromatic carbocycles. The van der Waals surface area contributed by atoms with Gasteiger partial charge < -0.3 is 15.4 Å². The molecular weight excluding hydrogens is 432 g/mol. The molecule has 4 rings (SSSR count). The fraction of sp³-hybridized carbons (Fsp3) is 0.440. The van der Waals surface area contributed by atoms with Gasteiger partial charge in [-0.05, 0) is 67.7 Å². The maximum atomic E-state index is 12.8. The molecule has 0 atom stereocenters. The molecular formula is C25H30N6O3. The molecule has 0 spiro atoms. The first-order chi connectivity index (χ1) is 16.4. The van der Waals surface area contributed by atoms with Crippen LogP contribution in [-0.2, 0) is 0 Å². The van der Waals surface area contributed by atoms with Crippen LogP contribution in [0.4, 0.5) is 10.5 Å². The minimum absolute atomic E-state index is 0.114. The number of benzene rings is 1. The number of amides is 2. The molecule has 9 heteroatoms. The number of carbonyl (C=O) groups excluding carboxylic acids is 1. The Balaban J connectivity index is 1.52. The molecule has 1 saturated heterocycles. The predicted molar refractivity (Wildman–Crippen MR) is 128 cm³/mol. The summed E-state index contributed by atoms with van der Waals surface area (Å²) in [5, 5.41) is 21.1. The van der Waals surface area contributed by atoms with Crippen molar-refractivity contribution in [3.05, 3.63) is 53.1 Å². The highest BCUT2D eigenvalue weighted by molar-refractivity contribution is 6.03. The summed E-state index contributed by atoms with van der Waals surface area (Å²) in [5.74, 6) is 0.132. The van der Waals surface area contributed by atoms with E-state index in [4.69, 9.17) is 10.4 Å². The van der Waals surface area contributed by atoms with Crippen LogP contribution in [-0.4, -0.2) is 63.7 Å². The van der Waals surface area contributed by atoms with Crippen LogP contribution >= 0.6 is 0 Å². The lowest BCUT2D eigenvalue weighted by Crippen LogP contribution is -2.42. The standard InChI is InChI=1S/C25H30N6O3/c1-30(25(33)34)16-31-11-9-17(10-12-31)19-7-8-22(21(13-19)18-5-3-2-4-6-18)29-24(32)23-27-15-20(14-26)28-23/h5,7-8,13,15,17H,2-4,6,9-12,16H2,1H3,(H,27,28)(H,29,32)(H,33,34). The third-order valence-electron chi connectivity index (χ3n) is 6.64. The van der Waals surface area contributed by atoms with Gasteiger partial charge >= 0.3 is 6.09 Å². The molecule has 3 N–H and O–H groups in total. The number of aromatic nitrogens is 2. The van der Waals surface area contributed by atoms with E-state index in [9.17, 15) is 9.59 Å². The van der Waals surface area contributed by atoms with Crippen molar-refractivity contribution < 1.29 is 14.7 Å². The quantitative estimate of drug-likeness (QED) is 0.590.